The van der Waals surface area contributed by atoms with E-state index in [2.05, 4.69) is 20.5 Å². The van der Waals surface area contributed by atoms with Gasteiger partial charge in [-0.2, -0.15) is 0 Å². The summed E-state index contributed by atoms with van der Waals surface area (Å²) >= 11 is 6.05. The third-order valence-corrected chi connectivity index (χ3v) is 8.40. The molecule has 2 aromatic heterocycles. The molecule has 4 aromatic rings. The molecule has 0 N–H and O–H groups in total. The van der Waals surface area contributed by atoms with Crippen molar-refractivity contribution in [1.29, 1.82) is 0 Å². The summed E-state index contributed by atoms with van der Waals surface area (Å²) in [6.07, 6.45) is 3.29. The number of hydrogen-bond acceptors (Lipinski definition) is 8. The summed E-state index contributed by atoms with van der Waals surface area (Å²) in [5.74, 6) is 2.01. The third-order valence-electron chi connectivity index (χ3n) is 8.18. The van der Waals surface area contributed by atoms with Crippen LogP contribution in [0.2, 0.25) is 5.02 Å². The van der Waals surface area contributed by atoms with Crippen LogP contribution < -0.4 is 14.2 Å². The Kier molecular flexibility index (Phi) is 8.20. The van der Waals surface area contributed by atoms with Crippen molar-refractivity contribution >= 4 is 28.6 Å². The van der Waals surface area contributed by atoms with Gasteiger partial charge in [0.2, 0.25) is 0 Å². The molecule has 44 heavy (non-hydrogen) atoms. The van der Waals surface area contributed by atoms with Crippen LogP contribution in [0.3, 0.4) is 0 Å². The first kappa shape index (κ1) is 30.2. The highest BCUT2D eigenvalue weighted by Crippen LogP contribution is 2.49. The standard InChI is InChI=1S/C34H39ClN4O5/c1-20(2)41-28-17-23(33(40)42-21(3)4)16-26-31(28)37-30(38(26)6)19-39-14-12-22(13-15-39)25-8-7-9-27-32(25)44-34(5,43-27)29-11-10-24(35)18-36-29/h7-11,16-18,20-22H,12-15,19H2,1-6H3/t34-/m0/s1. The van der Waals surface area contributed by atoms with Gasteiger partial charge >= 0.3 is 5.97 Å². The van der Waals surface area contributed by atoms with E-state index in [-0.39, 0.29) is 18.2 Å². The molecule has 2 aliphatic heterocycles. The van der Waals surface area contributed by atoms with Crippen LogP contribution in [-0.2, 0) is 24.1 Å². The Labute approximate surface area is 263 Å². The van der Waals surface area contributed by atoms with E-state index in [0.717, 1.165) is 54.3 Å². The van der Waals surface area contributed by atoms with Crippen LogP contribution in [0.1, 0.15) is 80.8 Å². The predicted octanol–water partition coefficient (Wildman–Crippen LogP) is 7.00. The molecule has 232 valence electrons. The van der Waals surface area contributed by atoms with Crippen LogP contribution in [-0.4, -0.2) is 50.7 Å². The average Bonchev–Trinajstić information content (AvgIpc) is 3.50. The maximum Gasteiger partial charge on any atom is 0.338 e. The molecular formula is C34H39ClN4O5. The summed E-state index contributed by atoms with van der Waals surface area (Å²) in [5.41, 5.74) is 3.90. The molecule has 0 unspecified atom stereocenters. The summed E-state index contributed by atoms with van der Waals surface area (Å²) in [6, 6.07) is 13.4. The average molecular weight is 619 g/mol. The fourth-order valence-electron chi connectivity index (χ4n) is 6.01. The molecule has 1 fully saturated rings. The van der Waals surface area contributed by atoms with Crippen molar-refractivity contribution < 1.29 is 23.7 Å². The van der Waals surface area contributed by atoms with Crippen molar-refractivity contribution in [3.05, 3.63) is 76.3 Å². The van der Waals surface area contributed by atoms with Gasteiger partial charge in [-0.3, -0.25) is 9.88 Å². The quantitative estimate of drug-likeness (QED) is 0.195. The van der Waals surface area contributed by atoms with Gasteiger partial charge < -0.3 is 23.5 Å². The molecule has 9 nitrogen and oxygen atoms in total. The fraction of sp³-hybridized carbons (Fsp3) is 0.441. The van der Waals surface area contributed by atoms with E-state index >= 15 is 0 Å². The first-order valence-corrected chi connectivity index (χ1v) is 15.6. The number of piperidine rings is 1. The number of ether oxygens (including phenoxy) is 4. The van der Waals surface area contributed by atoms with Gasteiger partial charge in [-0.15, -0.1) is 0 Å². The lowest BCUT2D eigenvalue weighted by molar-refractivity contribution is -0.0722. The molecule has 0 radical (unpaired) electrons. The number of imidazole rings is 1. The molecule has 2 aromatic carbocycles. The lowest BCUT2D eigenvalue weighted by Crippen LogP contribution is -2.34. The summed E-state index contributed by atoms with van der Waals surface area (Å²) < 4.78 is 26.4. The van der Waals surface area contributed by atoms with Gasteiger partial charge in [-0.1, -0.05) is 23.7 Å². The van der Waals surface area contributed by atoms with E-state index < -0.39 is 5.79 Å². The van der Waals surface area contributed by atoms with Crippen LogP contribution in [0, 0.1) is 0 Å². The number of aromatic nitrogens is 3. The van der Waals surface area contributed by atoms with Crippen LogP contribution in [0.4, 0.5) is 0 Å². The van der Waals surface area contributed by atoms with Crippen molar-refractivity contribution in [2.24, 2.45) is 7.05 Å². The van der Waals surface area contributed by atoms with Gasteiger partial charge in [-0.25, -0.2) is 9.78 Å². The zero-order chi connectivity index (χ0) is 31.2. The number of fused-ring (bicyclic) bond motifs is 2. The number of hydrogen-bond donors (Lipinski definition) is 0. The van der Waals surface area contributed by atoms with Crippen LogP contribution in [0.5, 0.6) is 17.2 Å². The summed E-state index contributed by atoms with van der Waals surface area (Å²) in [6.45, 7) is 12.0. The molecule has 6 rings (SSSR count). The number of carbonyl (C=O) groups excluding carboxylic acids is 1. The monoisotopic (exact) mass is 618 g/mol. The minimum Gasteiger partial charge on any atom is -0.489 e. The SMILES string of the molecule is CC(C)OC(=O)c1cc(OC(C)C)c2nc(CN3CCC(c4cccc5c4O[C@@](C)(c4ccc(Cl)cn4)O5)CC3)n(C)c2c1. The number of benzene rings is 2. The predicted molar refractivity (Wildman–Crippen MR) is 169 cm³/mol. The number of carbonyl (C=O) groups is 1. The third kappa shape index (κ3) is 5.95. The largest absolute Gasteiger partial charge is 0.489 e. The van der Waals surface area contributed by atoms with Crippen molar-refractivity contribution in [2.45, 2.75) is 77.9 Å². The summed E-state index contributed by atoms with van der Waals surface area (Å²) in [4.78, 5) is 24.6. The van der Waals surface area contributed by atoms with Gasteiger partial charge in [0.15, 0.2) is 11.5 Å². The van der Waals surface area contributed by atoms with E-state index in [0.29, 0.717) is 34.5 Å². The first-order chi connectivity index (χ1) is 21.0. The highest BCUT2D eigenvalue weighted by atomic mass is 35.5. The topological polar surface area (TPSA) is 87.9 Å². The Morgan fingerprint density at radius 2 is 1.86 bits per heavy atom. The zero-order valence-electron chi connectivity index (χ0n) is 26.1. The normalized spacial score (nSPS) is 18.8. The molecule has 1 atom stereocenters. The Morgan fingerprint density at radius 3 is 2.55 bits per heavy atom. The number of nitrogens with zero attached hydrogens (tertiary/aromatic N) is 4. The van der Waals surface area contributed by atoms with Crippen molar-refractivity contribution in [3.63, 3.8) is 0 Å². The summed E-state index contributed by atoms with van der Waals surface area (Å²) in [5, 5.41) is 0.569. The number of para-hydroxylation sites is 1. The number of halogens is 1. The van der Waals surface area contributed by atoms with Crippen LogP contribution >= 0.6 is 11.6 Å². The second-order valence-electron chi connectivity index (χ2n) is 12.3. The number of likely N-dealkylation sites (tertiary alicyclic amines) is 1. The van der Waals surface area contributed by atoms with E-state index in [1.807, 2.05) is 65.9 Å². The Balaban J connectivity index is 1.18. The van der Waals surface area contributed by atoms with Gasteiger partial charge in [0.05, 0.1) is 34.9 Å². The Morgan fingerprint density at radius 1 is 1.09 bits per heavy atom. The fourth-order valence-corrected chi connectivity index (χ4v) is 6.12. The number of rotatable bonds is 8. The molecule has 0 amide bonds. The highest BCUT2D eigenvalue weighted by molar-refractivity contribution is 6.30. The molecule has 0 saturated carbocycles. The summed E-state index contributed by atoms with van der Waals surface area (Å²) in [7, 11) is 1.99. The van der Waals surface area contributed by atoms with Gasteiger partial charge in [0.1, 0.15) is 22.8 Å². The van der Waals surface area contributed by atoms with Gasteiger partial charge in [-0.05, 0) is 89.9 Å². The number of aryl methyl sites for hydroxylation is 1. The van der Waals surface area contributed by atoms with Crippen LogP contribution in [0.15, 0.2) is 48.7 Å². The Bertz CT molecular complexity index is 1680. The molecule has 0 spiro atoms. The first-order valence-electron chi connectivity index (χ1n) is 15.2. The maximum absolute atomic E-state index is 12.8. The lowest BCUT2D eigenvalue weighted by atomic mass is 9.88. The smallest absolute Gasteiger partial charge is 0.338 e. The molecule has 10 heteroatoms. The second-order valence-corrected chi connectivity index (χ2v) is 12.7. The molecule has 0 bridgehead atoms. The molecule has 2 aliphatic rings. The van der Waals surface area contributed by atoms with Crippen molar-refractivity contribution in [2.75, 3.05) is 13.1 Å². The Hall–Kier alpha value is -3.82. The minimum absolute atomic E-state index is 0.0619. The highest BCUT2D eigenvalue weighted by Gasteiger charge is 2.42. The van der Waals surface area contributed by atoms with E-state index in [9.17, 15) is 4.79 Å². The second kappa shape index (κ2) is 11.9. The van der Waals surface area contributed by atoms with E-state index in [4.69, 9.17) is 35.5 Å². The van der Waals surface area contributed by atoms with E-state index in [1.165, 1.54) is 5.56 Å². The van der Waals surface area contributed by atoms with Crippen molar-refractivity contribution in [3.8, 4) is 17.2 Å². The van der Waals surface area contributed by atoms with Crippen LogP contribution in [0.25, 0.3) is 11.0 Å². The van der Waals surface area contributed by atoms with Gasteiger partial charge in [0, 0.05) is 25.7 Å². The minimum atomic E-state index is -1.01. The molecular weight excluding hydrogens is 580 g/mol. The maximum atomic E-state index is 12.8. The lowest BCUT2D eigenvalue weighted by Gasteiger charge is -2.32. The van der Waals surface area contributed by atoms with E-state index in [1.54, 1.807) is 18.3 Å². The number of pyridine rings is 1. The molecule has 0 aliphatic carbocycles. The molecule has 4 heterocycles. The zero-order valence-corrected chi connectivity index (χ0v) is 26.9. The van der Waals surface area contributed by atoms with Crippen molar-refractivity contribution in [1.82, 2.24) is 19.4 Å². The van der Waals surface area contributed by atoms with Gasteiger partial charge in [0.25, 0.3) is 5.79 Å². The molecule has 1 saturated heterocycles. The number of esters is 1.